The molecule has 0 saturated carbocycles. The number of hydrogen-bond acceptors (Lipinski definition) is 9. The van der Waals surface area contributed by atoms with Crippen LogP contribution in [0.3, 0.4) is 0 Å². The van der Waals surface area contributed by atoms with Crippen molar-refractivity contribution in [3.63, 3.8) is 0 Å². The highest BCUT2D eigenvalue weighted by molar-refractivity contribution is 7.15. The minimum Gasteiger partial charge on any atom is -0.385 e. The first kappa shape index (κ1) is 39.2. The van der Waals surface area contributed by atoms with E-state index in [1.54, 1.807) is 16.2 Å². The van der Waals surface area contributed by atoms with Gasteiger partial charge in [-0.3, -0.25) is 34.1 Å². The SMILES string of the molecule is Cc1sc2c(c1C)C(c1ccc(Cl)cc1)=N[C@@H](CC(=O)NCCCCCNc1ccc(Cc3ccc4c(c3)CN(C3CCC(=O)NC3=O)C4=O)cc1)c1nnc(C)n1-2. The maximum absolute atomic E-state index is 13.3. The number of carbonyl (C=O) groups excluding carboxylic acids is 4. The van der Waals surface area contributed by atoms with Crippen molar-refractivity contribution >= 4 is 58.0 Å². The summed E-state index contributed by atoms with van der Waals surface area (Å²) in [4.78, 5) is 58.3. The van der Waals surface area contributed by atoms with Crippen molar-refractivity contribution in [2.45, 2.75) is 84.3 Å². The average molecular weight is 817 g/mol. The highest BCUT2D eigenvalue weighted by atomic mass is 35.5. The van der Waals surface area contributed by atoms with Crippen LogP contribution in [-0.2, 0) is 27.3 Å². The van der Waals surface area contributed by atoms with Gasteiger partial charge in [0.1, 0.15) is 22.9 Å². The fraction of sp³-hybridized carbons (Fsp3) is 0.341. The third-order valence-electron chi connectivity index (χ3n) is 11.2. The number of carbonyl (C=O) groups is 4. The van der Waals surface area contributed by atoms with Crippen LogP contribution in [0.15, 0.2) is 71.7 Å². The topological polar surface area (TPSA) is 151 Å². The quantitative estimate of drug-likeness (QED) is 0.0861. The second-order valence-corrected chi connectivity index (χ2v) is 16.9. The molecule has 298 valence electrons. The Morgan fingerprint density at radius 3 is 2.47 bits per heavy atom. The van der Waals surface area contributed by atoms with Gasteiger partial charge in [-0.1, -0.05) is 48.0 Å². The number of unbranched alkanes of at least 4 members (excludes halogenated alkanes) is 2. The molecule has 3 aliphatic heterocycles. The molecule has 5 heterocycles. The minimum absolute atomic E-state index is 0.0737. The van der Waals surface area contributed by atoms with Gasteiger partial charge >= 0.3 is 0 Å². The number of hydrogen-bond donors (Lipinski definition) is 3. The molecule has 8 rings (SSSR count). The minimum atomic E-state index is -0.616. The third kappa shape index (κ3) is 8.06. The molecule has 1 saturated heterocycles. The van der Waals surface area contributed by atoms with E-state index in [4.69, 9.17) is 16.6 Å². The Hall–Kier alpha value is -5.66. The van der Waals surface area contributed by atoms with E-state index < -0.39 is 18.0 Å². The average Bonchev–Trinajstić information content (AvgIpc) is 3.81. The van der Waals surface area contributed by atoms with Gasteiger partial charge in [0.05, 0.1) is 12.1 Å². The van der Waals surface area contributed by atoms with E-state index in [1.807, 2.05) is 49.4 Å². The van der Waals surface area contributed by atoms with Crippen LogP contribution in [0.2, 0.25) is 5.02 Å². The summed E-state index contributed by atoms with van der Waals surface area (Å²) in [5.41, 5.74) is 8.78. The normalized spacial score (nSPS) is 17.3. The predicted octanol–water partition coefficient (Wildman–Crippen LogP) is 6.94. The van der Waals surface area contributed by atoms with Gasteiger partial charge in [-0.15, -0.1) is 21.5 Å². The molecule has 3 aliphatic rings. The van der Waals surface area contributed by atoms with Crippen molar-refractivity contribution in [2.24, 2.45) is 4.99 Å². The second kappa shape index (κ2) is 16.7. The molecule has 14 heteroatoms. The van der Waals surface area contributed by atoms with Crippen LogP contribution in [0.4, 0.5) is 5.69 Å². The number of amides is 4. The van der Waals surface area contributed by atoms with E-state index in [1.165, 1.54) is 4.88 Å². The zero-order chi connectivity index (χ0) is 40.5. The number of nitrogens with one attached hydrogen (secondary N) is 3. The Kier molecular flexibility index (Phi) is 11.3. The molecule has 3 N–H and O–H groups in total. The van der Waals surface area contributed by atoms with Crippen LogP contribution in [-0.4, -0.2) is 68.1 Å². The zero-order valence-electron chi connectivity index (χ0n) is 32.7. The van der Waals surface area contributed by atoms with Gasteiger partial charge in [0.15, 0.2) is 5.82 Å². The Balaban J connectivity index is 0.795. The number of piperidine rings is 1. The maximum atomic E-state index is 13.3. The van der Waals surface area contributed by atoms with E-state index in [0.29, 0.717) is 35.9 Å². The standard InChI is InChI=1S/C44H45ClN8O4S/c1-25-26(2)58-44-39(25)40(30-10-12-32(45)13-11-30)48-35(41-51-50-27(3)53(41)44)23-38(55)47-20-6-4-5-19-46-33-14-7-28(8-15-33)21-29-9-16-34-31(22-29)24-52(43(34)57)36-17-18-37(54)49-42(36)56/h7-16,22,35-36,46H,4-6,17-21,23-24H2,1-3H3,(H,47,55)(H,49,54,56)/t35-,36?/m0/s1. The van der Waals surface area contributed by atoms with E-state index in [2.05, 4.69) is 68.8 Å². The lowest BCUT2D eigenvalue weighted by atomic mass is 9.99. The molecular formula is C44H45ClN8O4S. The van der Waals surface area contributed by atoms with E-state index in [0.717, 1.165) is 87.8 Å². The lowest BCUT2D eigenvalue weighted by Crippen LogP contribution is -2.52. The summed E-state index contributed by atoms with van der Waals surface area (Å²) in [6.45, 7) is 7.92. The number of anilines is 1. The number of aliphatic imine (C=N–C) groups is 1. The van der Waals surface area contributed by atoms with Crippen molar-refractivity contribution in [2.75, 3.05) is 18.4 Å². The van der Waals surface area contributed by atoms with Crippen LogP contribution in [0.1, 0.15) is 105 Å². The molecule has 0 bridgehead atoms. The van der Waals surface area contributed by atoms with Gasteiger partial charge in [-0.2, -0.15) is 0 Å². The Labute approximate surface area is 346 Å². The van der Waals surface area contributed by atoms with Crippen molar-refractivity contribution in [1.82, 2.24) is 30.3 Å². The molecule has 0 aliphatic carbocycles. The van der Waals surface area contributed by atoms with Gasteiger partial charge in [-0.25, -0.2) is 0 Å². The van der Waals surface area contributed by atoms with Crippen molar-refractivity contribution in [3.05, 3.63) is 127 Å². The van der Waals surface area contributed by atoms with Gasteiger partial charge < -0.3 is 15.5 Å². The van der Waals surface area contributed by atoms with Crippen molar-refractivity contribution in [3.8, 4) is 5.00 Å². The zero-order valence-corrected chi connectivity index (χ0v) is 34.3. The van der Waals surface area contributed by atoms with Crippen LogP contribution < -0.4 is 16.0 Å². The van der Waals surface area contributed by atoms with Gasteiger partial charge in [-0.05, 0) is 105 Å². The highest BCUT2D eigenvalue weighted by Gasteiger charge is 2.39. The number of rotatable bonds is 13. The largest absolute Gasteiger partial charge is 0.385 e. The van der Waals surface area contributed by atoms with E-state index in [-0.39, 0.29) is 30.6 Å². The molecule has 2 aromatic heterocycles. The molecule has 3 aromatic carbocycles. The number of thiophene rings is 1. The van der Waals surface area contributed by atoms with Crippen molar-refractivity contribution < 1.29 is 19.2 Å². The molecular weight excluding hydrogens is 772 g/mol. The smallest absolute Gasteiger partial charge is 0.255 e. The fourth-order valence-corrected chi connectivity index (χ4v) is 9.32. The lowest BCUT2D eigenvalue weighted by molar-refractivity contribution is -0.137. The molecule has 0 spiro atoms. The maximum Gasteiger partial charge on any atom is 0.255 e. The van der Waals surface area contributed by atoms with Crippen LogP contribution in [0.5, 0.6) is 0 Å². The summed E-state index contributed by atoms with van der Waals surface area (Å²) in [6.07, 6.45) is 4.25. The number of halogens is 1. The molecule has 12 nitrogen and oxygen atoms in total. The number of aryl methyl sites for hydroxylation is 2. The number of benzene rings is 3. The summed E-state index contributed by atoms with van der Waals surface area (Å²) >= 11 is 7.93. The summed E-state index contributed by atoms with van der Waals surface area (Å²) in [7, 11) is 0. The Bertz CT molecular complexity index is 2440. The van der Waals surface area contributed by atoms with E-state index >= 15 is 0 Å². The molecule has 4 amide bonds. The number of imide groups is 1. The summed E-state index contributed by atoms with van der Waals surface area (Å²) in [6, 6.07) is 20.8. The lowest BCUT2D eigenvalue weighted by Gasteiger charge is -2.29. The fourth-order valence-electron chi connectivity index (χ4n) is 7.98. The molecule has 58 heavy (non-hydrogen) atoms. The molecule has 5 aromatic rings. The summed E-state index contributed by atoms with van der Waals surface area (Å²) < 4.78 is 2.06. The highest BCUT2D eigenvalue weighted by Crippen LogP contribution is 2.39. The first-order valence-corrected chi connectivity index (χ1v) is 21.0. The van der Waals surface area contributed by atoms with Crippen LogP contribution >= 0.6 is 22.9 Å². The second-order valence-electron chi connectivity index (χ2n) is 15.2. The first-order chi connectivity index (χ1) is 28.0. The number of fused-ring (bicyclic) bond motifs is 4. The van der Waals surface area contributed by atoms with Crippen LogP contribution in [0.25, 0.3) is 5.00 Å². The van der Waals surface area contributed by atoms with Crippen molar-refractivity contribution in [1.29, 1.82) is 0 Å². The Morgan fingerprint density at radius 2 is 1.69 bits per heavy atom. The Morgan fingerprint density at radius 1 is 0.931 bits per heavy atom. The van der Waals surface area contributed by atoms with E-state index in [9.17, 15) is 19.2 Å². The van der Waals surface area contributed by atoms with Gasteiger partial charge in [0.2, 0.25) is 17.7 Å². The van der Waals surface area contributed by atoms with Gasteiger partial charge in [0, 0.05) is 58.3 Å². The molecule has 0 radical (unpaired) electrons. The van der Waals surface area contributed by atoms with Gasteiger partial charge in [0.25, 0.3) is 5.91 Å². The number of nitrogens with zero attached hydrogens (tertiary/aromatic N) is 5. The summed E-state index contributed by atoms with van der Waals surface area (Å²) in [5.74, 6) is 0.503. The monoisotopic (exact) mass is 816 g/mol. The molecule has 2 atom stereocenters. The number of aromatic nitrogens is 3. The molecule has 1 fully saturated rings. The first-order valence-electron chi connectivity index (χ1n) is 19.8. The van der Waals surface area contributed by atoms with Crippen LogP contribution in [0, 0.1) is 20.8 Å². The summed E-state index contributed by atoms with van der Waals surface area (Å²) in [5, 5.41) is 19.5. The predicted molar refractivity (Wildman–Crippen MR) is 225 cm³/mol. The third-order valence-corrected chi connectivity index (χ3v) is 12.6. The molecule has 1 unspecified atom stereocenters.